The predicted octanol–water partition coefficient (Wildman–Crippen LogP) is 2.93. The van der Waals surface area contributed by atoms with Gasteiger partial charge in [-0.15, -0.1) is 0 Å². The number of carbonyl (C=O) groups is 1. The van der Waals surface area contributed by atoms with Crippen LogP contribution < -0.4 is 20.6 Å². The third-order valence-corrected chi connectivity index (χ3v) is 3.22. The highest BCUT2D eigenvalue weighted by molar-refractivity contribution is 6.32. The van der Waals surface area contributed by atoms with Gasteiger partial charge in [0.2, 0.25) is 0 Å². The topological polar surface area (TPSA) is 85.9 Å². The normalized spacial score (nSPS) is 10.5. The van der Waals surface area contributed by atoms with Crippen LogP contribution in [0.15, 0.2) is 47.6 Å². The minimum absolute atomic E-state index is 0.276. The molecular weight excluding hydrogens is 318 g/mol. The van der Waals surface area contributed by atoms with Crippen LogP contribution in [0.5, 0.6) is 11.5 Å². The van der Waals surface area contributed by atoms with Gasteiger partial charge in [0.05, 0.1) is 18.3 Å². The van der Waals surface area contributed by atoms with Crippen molar-refractivity contribution >= 4 is 23.8 Å². The Morgan fingerprint density at radius 2 is 2.09 bits per heavy atom. The molecule has 2 amide bonds. The van der Waals surface area contributed by atoms with Gasteiger partial charge in [0, 0.05) is 5.56 Å². The van der Waals surface area contributed by atoms with Crippen molar-refractivity contribution in [2.45, 2.75) is 6.61 Å². The molecule has 7 heteroatoms. The standard InChI is InChI=1S/C16H16ClN3O3/c1-22-14-7-6-11(9-19-20-16(18)21)8-12(14)10-23-15-5-3-2-4-13(15)17/h2-9H,10H2,1H3,(H3,18,20,21). The number of carbonyl (C=O) groups excluding carboxylic acids is 1. The molecule has 3 N–H and O–H groups in total. The van der Waals surface area contributed by atoms with Crippen molar-refractivity contribution in [2.75, 3.05) is 7.11 Å². The predicted molar refractivity (Wildman–Crippen MR) is 89.1 cm³/mol. The van der Waals surface area contributed by atoms with Gasteiger partial charge in [-0.05, 0) is 35.9 Å². The summed E-state index contributed by atoms with van der Waals surface area (Å²) in [6.45, 7) is 0.276. The number of rotatable bonds is 6. The Balaban J connectivity index is 2.14. The van der Waals surface area contributed by atoms with Gasteiger partial charge in [-0.3, -0.25) is 0 Å². The zero-order valence-corrected chi connectivity index (χ0v) is 13.2. The fraction of sp³-hybridized carbons (Fsp3) is 0.125. The molecule has 0 radical (unpaired) electrons. The van der Waals surface area contributed by atoms with Crippen molar-refractivity contribution in [1.82, 2.24) is 5.43 Å². The number of hydrogen-bond acceptors (Lipinski definition) is 4. The summed E-state index contributed by atoms with van der Waals surface area (Å²) in [5.41, 5.74) is 8.65. The van der Waals surface area contributed by atoms with Gasteiger partial charge < -0.3 is 15.2 Å². The lowest BCUT2D eigenvalue weighted by atomic mass is 10.1. The van der Waals surface area contributed by atoms with Crippen molar-refractivity contribution in [3.8, 4) is 11.5 Å². The fourth-order valence-electron chi connectivity index (χ4n) is 1.88. The number of hydrazone groups is 1. The average molecular weight is 334 g/mol. The Hall–Kier alpha value is -2.73. The van der Waals surface area contributed by atoms with Gasteiger partial charge in [-0.1, -0.05) is 23.7 Å². The highest BCUT2D eigenvalue weighted by Gasteiger charge is 2.07. The number of benzene rings is 2. The van der Waals surface area contributed by atoms with Crippen LogP contribution in [0, 0.1) is 0 Å². The smallest absolute Gasteiger partial charge is 0.332 e. The third-order valence-electron chi connectivity index (χ3n) is 2.91. The summed E-state index contributed by atoms with van der Waals surface area (Å²) >= 11 is 6.06. The fourth-order valence-corrected chi connectivity index (χ4v) is 2.07. The van der Waals surface area contributed by atoms with E-state index in [9.17, 15) is 4.79 Å². The highest BCUT2D eigenvalue weighted by Crippen LogP contribution is 2.26. The van der Waals surface area contributed by atoms with Gasteiger partial charge in [0.15, 0.2) is 0 Å². The lowest BCUT2D eigenvalue weighted by Crippen LogP contribution is -2.24. The first kappa shape index (κ1) is 16.6. The minimum Gasteiger partial charge on any atom is -0.496 e. The third kappa shape index (κ3) is 4.89. The molecule has 6 nitrogen and oxygen atoms in total. The highest BCUT2D eigenvalue weighted by atomic mass is 35.5. The van der Waals surface area contributed by atoms with Crippen LogP contribution in [0.3, 0.4) is 0 Å². The van der Waals surface area contributed by atoms with E-state index >= 15 is 0 Å². The van der Waals surface area contributed by atoms with Crippen LogP contribution in [-0.4, -0.2) is 19.4 Å². The second-order valence-electron chi connectivity index (χ2n) is 4.52. The van der Waals surface area contributed by atoms with Crippen molar-refractivity contribution in [2.24, 2.45) is 10.8 Å². The summed E-state index contributed by atoms with van der Waals surface area (Å²) in [6, 6.07) is 11.9. The molecule has 0 aliphatic carbocycles. The summed E-state index contributed by atoms with van der Waals surface area (Å²) < 4.78 is 11.0. The molecule has 0 atom stereocenters. The Morgan fingerprint density at radius 1 is 1.30 bits per heavy atom. The molecule has 0 spiro atoms. The van der Waals surface area contributed by atoms with Crippen molar-refractivity contribution in [3.05, 3.63) is 58.6 Å². The number of primary amides is 1. The molecule has 0 bridgehead atoms. The minimum atomic E-state index is -0.725. The molecule has 120 valence electrons. The monoisotopic (exact) mass is 333 g/mol. The number of methoxy groups -OCH3 is 1. The molecule has 23 heavy (non-hydrogen) atoms. The largest absolute Gasteiger partial charge is 0.496 e. The Morgan fingerprint density at radius 3 is 2.78 bits per heavy atom. The number of amides is 2. The van der Waals surface area contributed by atoms with Crippen LogP contribution in [-0.2, 0) is 6.61 Å². The molecule has 0 saturated heterocycles. The molecule has 0 aliphatic heterocycles. The summed E-state index contributed by atoms with van der Waals surface area (Å²) in [5, 5.41) is 4.25. The van der Waals surface area contributed by atoms with Gasteiger partial charge in [-0.25, -0.2) is 10.2 Å². The van der Waals surface area contributed by atoms with Crippen LogP contribution in [0.1, 0.15) is 11.1 Å². The number of urea groups is 1. The maximum atomic E-state index is 10.6. The number of hydrogen-bond donors (Lipinski definition) is 2. The lowest BCUT2D eigenvalue weighted by molar-refractivity contribution is 0.249. The summed E-state index contributed by atoms with van der Waals surface area (Å²) in [7, 11) is 1.58. The molecule has 2 aromatic rings. The van der Waals surface area contributed by atoms with Crippen LogP contribution >= 0.6 is 11.6 Å². The van der Waals surface area contributed by atoms with E-state index in [1.165, 1.54) is 6.21 Å². The van der Waals surface area contributed by atoms with Crippen molar-refractivity contribution in [1.29, 1.82) is 0 Å². The zero-order chi connectivity index (χ0) is 16.7. The second kappa shape index (κ2) is 8.05. The van der Waals surface area contributed by atoms with E-state index in [-0.39, 0.29) is 6.61 Å². The first-order chi connectivity index (χ1) is 11.1. The van der Waals surface area contributed by atoms with Gasteiger partial charge >= 0.3 is 6.03 Å². The molecular formula is C16H16ClN3O3. The lowest BCUT2D eigenvalue weighted by Gasteiger charge is -2.12. The Labute approximate surface area is 138 Å². The number of nitrogens with one attached hydrogen (secondary N) is 1. The molecule has 0 saturated carbocycles. The zero-order valence-electron chi connectivity index (χ0n) is 12.5. The Kier molecular flexibility index (Phi) is 5.82. The number of ether oxygens (including phenoxy) is 2. The van der Waals surface area contributed by atoms with Crippen molar-refractivity contribution in [3.63, 3.8) is 0 Å². The quantitative estimate of drug-likeness (QED) is 0.629. The number of para-hydroxylation sites is 1. The first-order valence-electron chi connectivity index (χ1n) is 6.73. The van der Waals surface area contributed by atoms with Gasteiger partial charge in [0.25, 0.3) is 0 Å². The van der Waals surface area contributed by atoms with E-state index < -0.39 is 6.03 Å². The number of nitrogens with zero attached hydrogens (tertiary/aromatic N) is 1. The molecule has 0 aliphatic rings. The van der Waals surface area contributed by atoms with Crippen LogP contribution in [0.4, 0.5) is 4.79 Å². The van der Waals surface area contributed by atoms with Gasteiger partial charge in [-0.2, -0.15) is 5.10 Å². The van der Waals surface area contributed by atoms with Crippen LogP contribution in [0.25, 0.3) is 0 Å². The van der Waals surface area contributed by atoms with E-state index in [1.54, 1.807) is 31.4 Å². The molecule has 0 aromatic heterocycles. The molecule has 2 rings (SSSR count). The van der Waals surface area contributed by atoms with Crippen LogP contribution in [0.2, 0.25) is 5.02 Å². The van der Waals surface area contributed by atoms with E-state index in [2.05, 4.69) is 10.5 Å². The summed E-state index contributed by atoms with van der Waals surface area (Å²) in [6.07, 6.45) is 1.48. The maximum Gasteiger partial charge on any atom is 0.332 e. The maximum absolute atomic E-state index is 10.6. The van der Waals surface area contributed by atoms with E-state index in [1.807, 2.05) is 18.2 Å². The first-order valence-corrected chi connectivity index (χ1v) is 7.10. The van der Waals surface area contributed by atoms with Crippen molar-refractivity contribution < 1.29 is 14.3 Å². The van der Waals surface area contributed by atoms with E-state index in [0.717, 1.165) is 11.1 Å². The summed E-state index contributed by atoms with van der Waals surface area (Å²) in [5.74, 6) is 1.27. The summed E-state index contributed by atoms with van der Waals surface area (Å²) in [4.78, 5) is 10.6. The molecule has 0 fully saturated rings. The van der Waals surface area contributed by atoms with Gasteiger partial charge in [0.1, 0.15) is 18.1 Å². The van der Waals surface area contributed by atoms with E-state index in [4.69, 9.17) is 26.8 Å². The Bertz CT molecular complexity index is 719. The van der Waals surface area contributed by atoms with E-state index in [0.29, 0.717) is 16.5 Å². The molecule has 0 heterocycles. The second-order valence-corrected chi connectivity index (χ2v) is 4.93. The molecule has 2 aromatic carbocycles. The average Bonchev–Trinajstić information content (AvgIpc) is 2.54. The SMILES string of the molecule is COc1ccc(C=NNC(N)=O)cc1COc1ccccc1Cl. The number of nitrogens with two attached hydrogens (primary N) is 1. The number of halogens is 1. The molecule has 0 unspecified atom stereocenters.